The largest absolute Gasteiger partial charge is 0.332 e. The molecule has 3 aromatic rings. The molecule has 29 heavy (non-hydrogen) atoms. The molecule has 0 radical (unpaired) electrons. The lowest BCUT2D eigenvalue weighted by Crippen LogP contribution is -2.22. The second-order valence-corrected chi connectivity index (χ2v) is 8.43. The Morgan fingerprint density at radius 2 is 1.45 bits per heavy atom. The molecule has 1 amide bonds. The van der Waals surface area contributed by atoms with Crippen molar-refractivity contribution in [3.8, 4) is 0 Å². The van der Waals surface area contributed by atoms with Crippen LogP contribution in [0, 0.1) is 0 Å². The Morgan fingerprint density at radius 1 is 0.862 bits per heavy atom. The fourth-order valence-corrected chi connectivity index (χ4v) is 3.77. The van der Waals surface area contributed by atoms with E-state index in [9.17, 15) is 4.79 Å². The van der Waals surface area contributed by atoms with Crippen molar-refractivity contribution in [3.63, 3.8) is 0 Å². The third kappa shape index (κ3) is 6.49. The number of thiocarbonyl (C=S) groups is 1. The average molecular weight is 442 g/mol. The molecule has 3 aromatic carbocycles. The summed E-state index contributed by atoms with van der Waals surface area (Å²) in [6, 6.07) is 24.7. The molecule has 0 saturated carbocycles. The molecule has 0 spiro atoms. The maximum Gasteiger partial charge on any atom is 0.237 e. The molecule has 1 unspecified atom stereocenters. The number of hydrogen-bond acceptors (Lipinski definition) is 3. The van der Waals surface area contributed by atoms with E-state index in [2.05, 4.69) is 16.0 Å². The number of thioether (sulfide) groups is 1. The predicted octanol–water partition coefficient (Wildman–Crippen LogP) is 6.27. The summed E-state index contributed by atoms with van der Waals surface area (Å²) in [5.41, 5.74) is 2.41. The zero-order valence-corrected chi connectivity index (χ0v) is 18.1. The monoisotopic (exact) mass is 441 g/mol. The molecule has 4 nitrogen and oxygen atoms in total. The van der Waals surface area contributed by atoms with E-state index in [-0.39, 0.29) is 11.2 Å². The molecule has 0 aliphatic carbocycles. The number of rotatable bonds is 6. The van der Waals surface area contributed by atoms with Gasteiger partial charge >= 0.3 is 0 Å². The number of amides is 1. The van der Waals surface area contributed by atoms with Crippen molar-refractivity contribution >= 4 is 63.7 Å². The van der Waals surface area contributed by atoms with Crippen LogP contribution < -0.4 is 16.0 Å². The van der Waals surface area contributed by atoms with Gasteiger partial charge in [0.15, 0.2) is 5.11 Å². The minimum atomic E-state index is -0.272. The van der Waals surface area contributed by atoms with E-state index >= 15 is 0 Å². The first-order chi connectivity index (χ1) is 14.0. The molecule has 148 valence electrons. The zero-order chi connectivity index (χ0) is 20.6. The van der Waals surface area contributed by atoms with Gasteiger partial charge in [-0.2, -0.15) is 0 Å². The highest BCUT2D eigenvalue weighted by Crippen LogP contribution is 2.27. The lowest BCUT2D eigenvalue weighted by atomic mass is 10.3. The first kappa shape index (κ1) is 21.2. The van der Waals surface area contributed by atoms with Crippen molar-refractivity contribution in [1.29, 1.82) is 0 Å². The first-order valence-electron chi connectivity index (χ1n) is 8.96. The molecule has 0 heterocycles. The number of para-hydroxylation sites is 2. The minimum Gasteiger partial charge on any atom is -0.332 e. The molecule has 0 aliphatic heterocycles. The van der Waals surface area contributed by atoms with Crippen molar-refractivity contribution in [3.05, 3.63) is 83.9 Å². The van der Waals surface area contributed by atoms with Gasteiger partial charge in [0.25, 0.3) is 0 Å². The molecule has 7 heteroatoms. The Morgan fingerprint density at radius 3 is 2.10 bits per heavy atom. The Balaban J connectivity index is 1.52. The maximum atomic E-state index is 12.4. The van der Waals surface area contributed by atoms with Crippen LogP contribution in [-0.4, -0.2) is 16.3 Å². The highest BCUT2D eigenvalue weighted by Gasteiger charge is 2.15. The molecular formula is C22H20ClN3OS2. The summed E-state index contributed by atoms with van der Waals surface area (Å²) in [5.74, 6) is -0.0986. The van der Waals surface area contributed by atoms with Crippen LogP contribution in [0.25, 0.3) is 0 Å². The molecule has 0 saturated heterocycles. The van der Waals surface area contributed by atoms with Crippen LogP contribution in [0.1, 0.15) is 6.92 Å². The molecular weight excluding hydrogens is 422 g/mol. The average Bonchev–Trinajstić information content (AvgIpc) is 2.72. The van der Waals surface area contributed by atoms with E-state index in [1.165, 1.54) is 11.8 Å². The van der Waals surface area contributed by atoms with Crippen molar-refractivity contribution in [1.82, 2.24) is 0 Å². The fourth-order valence-electron chi connectivity index (χ4n) is 2.49. The van der Waals surface area contributed by atoms with E-state index in [1.807, 2.05) is 73.7 Å². The van der Waals surface area contributed by atoms with Crippen LogP contribution in [0.15, 0.2) is 83.8 Å². The summed E-state index contributed by atoms with van der Waals surface area (Å²) >= 11 is 12.9. The fraction of sp³-hybridized carbons (Fsp3) is 0.0909. The zero-order valence-electron chi connectivity index (χ0n) is 15.7. The normalized spacial score (nSPS) is 11.4. The topological polar surface area (TPSA) is 53.2 Å². The summed E-state index contributed by atoms with van der Waals surface area (Å²) in [5, 5.41) is 9.91. The summed E-state index contributed by atoms with van der Waals surface area (Å²) in [6.45, 7) is 1.86. The Labute approximate surface area is 185 Å². The van der Waals surface area contributed by atoms with Gasteiger partial charge in [0.1, 0.15) is 0 Å². The highest BCUT2D eigenvalue weighted by molar-refractivity contribution is 8.00. The standard InChI is InChI=1S/C22H20ClN3OS2/c1-15(21(27)26-20-10-6-5-9-19(20)23)29-18-13-11-17(12-14-18)25-22(28)24-16-7-3-2-4-8-16/h2-15H,1H3,(H,26,27)(H2,24,25,28). The highest BCUT2D eigenvalue weighted by atomic mass is 35.5. The predicted molar refractivity (Wildman–Crippen MR) is 128 cm³/mol. The van der Waals surface area contributed by atoms with E-state index < -0.39 is 0 Å². The van der Waals surface area contributed by atoms with Crippen molar-refractivity contribution in [2.75, 3.05) is 16.0 Å². The van der Waals surface area contributed by atoms with Crippen LogP contribution in [-0.2, 0) is 4.79 Å². The van der Waals surface area contributed by atoms with Gasteiger partial charge in [-0.25, -0.2) is 0 Å². The van der Waals surface area contributed by atoms with Gasteiger partial charge < -0.3 is 16.0 Å². The van der Waals surface area contributed by atoms with E-state index in [1.54, 1.807) is 12.1 Å². The van der Waals surface area contributed by atoms with Crippen LogP contribution in [0.4, 0.5) is 17.1 Å². The summed E-state index contributed by atoms with van der Waals surface area (Å²) in [7, 11) is 0. The van der Waals surface area contributed by atoms with Crippen LogP contribution >= 0.6 is 35.6 Å². The van der Waals surface area contributed by atoms with Gasteiger partial charge in [0, 0.05) is 16.3 Å². The quantitative estimate of drug-likeness (QED) is 0.311. The number of carbonyl (C=O) groups excluding carboxylic acids is 1. The van der Waals surface area contributed by atoms with Crippen molar-refractivity contribution < 1.29 is 4.79 Å². The van der Waals surface area contributed by atoms with Gasteiger partial charge in [-0.3, -0.25) is 4.79 Å². The van der Waals surface area contributed by atoms with Gasteiger partial charge in [-0.1, -0.05) is 41.9 Å². The van der Waals surface area contributed by atoms with Crippen molar-refractivity contribution in [2.24, 2.45) is 0 Å². The Hall–Kier alpha value is -2.54. The molecule has 0 aromatic heterocycles. The maximum absolute atomic E-state index is 12.4. The second-order valence-electron chi connectivity index (χ2n) is 6.20. The number of hydrogen-bond donors (Lipinski definition) is 3. The summed E-state index contributed by atoms with van der Waals surface area (Å²) in [6.07, 6.45) is 0. The SMILES string of the molecule is CC(Sc1ccc(NC(=S)Nc2ccccc2)cc1)C(=O)Nc1ccccc1Cl. The first-order valence-corrected chi connectivity index (χ1v) is 10.6. The Bertz CT molecular complexity index is 981. The van der Waals surface area contributed by atoms with Gasteiger partial charge in [0.2, 0.25) is 5.91 Å². The third-order valence-corrected chi connectivity index (χ3v) is 5.60. The Kier molecular flexibility index (Phi) is 7.52. The van der Waals surface area contributed by atoms with E-state index in [4.69, 9.17) is 23.8 Å². The van der Waals surface area contributed by atoms with Gasteiger partial charge in [-0.15, -0.1) is 11.8 Å². The summed E-state index contributed by atoms with van der Waals surface area (Å²) < 4.78 is 0. The van der Waals surface area contributed by atoms with E-state index in [0.29, 0.717) is 15.8 Å². The lowest BCUT2D eigenvalue weighted by molar-refractivity contribution is -0.115. The number of anilines is 3. The van der Waals surface area contributed by atoms with Crippen molar-refractivity contribution in [2.45, 2.75) is 17.1 Å². The molecule has 3 rings (SSSR count). The number of benzene rings is 3. The number of nitrogens with one attached hydrogen (secondary N) is 3. The van der Waals surface area contributed by atoms with Crippen LogP contribution in [0.3, 0.4) is 0 Å². The van der Waals surface area contributed by atoms with Gasteiger partial charge in [0.05, 0.1) is 16.0 Å². The lowest BCUT2D eigenvalue weighted by Gasteiger charge is -2.14. The number of halogens is 1. The molecule has 0 aliphatic rings. The minimum absolute atomic E-state index is 0.0986. The number of carbonyl (C=O) groups is 1. The molecule has 1 atom stereocenters. The molecule has 0 fully saturated rings. The van der Waals surface area contributed by atoms with Crippen LogP contribution in [0.5, 0.6) is 0 Å². The molecule has 3 N–H and O–H groups in total. The smallest absolute Gasteiger partial charge is 0.237 e. The second kappa shape index (κ2) is 10.3. The van der Waals surface area contributed by atoms with Crippen LogP contribution in [0.2, 0.25) is 5.02 Å². The van der Waals surface area contributed by atoms with E-state index in [0.717, 1.165) is 16.3 Å². The third-order valence-electron chi connectivity index (χ3n) is 3.96. The molecule has 0 bridgehead atoms. The summed E-state index contributed by atoms with van der Waals surface area (Å²) in [4.78, 5) is 13.4. The van der Waals surface area contributed by atoms with Gasteiger partial charge in [-0.05, 0) is 67.7 Å².